The van der Waals surface area contributed by atoms with Gasteiger partial charge < -0.3 is 19.2 Å². The molecule has 0 bridgehead atoms. The molecule has 140 valence electrons. The lowest BCUT2D eigenvalue weighted by molar-refractivity contribution is -0.0512. The standard InChI is InChI=1S/C19H15F2NO5/c1-25-16-8-11(6-7-15(16)27-19(20)21)10-26-18(24)13-9-17(23)22-14-5-3-2-4-12(13)14/h2-9,19H,10H2,1H3,(H,22,23). The van der Waals surface area contributed by atoms with E-state index in [-0.39, 0.29) is 23.7 Å². The van der Waals surface area contributed by atoms with Gasteiger partial charge in [0.25, 0.3) is 0 Å². The average Bonchev–Trinajstić information content (AvgIpc) is 2.65. The lowest BCUT2D eigenvalue weighted by atomic mass is 10.1. The smallest absolute Gasteiger partial charge is 0.387 e. The van der Waals surface area contributed by atoms with Gasteiger partial charge in [-0.15, -0.1) is 0 Å². The number of methoxy groups -OCH3 is 1. The molecule has 0 aliphatic rings. The number of nitrogens with one attached hydrogen (secondary N) is 1. The van der Waals surface area contributed by atoms with Crippen LogP contribution in [0.15, 0.2) is 53.3 Å². The molecule has 8 heteroatoms. The Hall–Kier alpha value is -3.42. The third-order valence-corrected chi connectivity index (χ3v) is 3.78. The van der Waals surface area contributed by atoms with Crippen LogP contribution in [0.4, 0.5) is 8.78 Å². The molecular weight excluding hydrogens is 360 g/mol. The van der Waals surface area contributed by atoms with Gasteiger partial charge in [0, 0.05) is 17.0 Å². The number of H-pyrrole nitrogens is 1. The minimum Gasteiger partial charge on any atom is -0.493 e. The number of benzene rings is 2. The predicted molar refractivity (Wildman–Crippen MR) is 93.3 cm³/mol. The van der Waals surface area contributed by atoms with E-state index in [1.54, 1.807) is 24.3 Å². The molecule has 0 radical (unpaired) electrons. The lowest BCUT2D eigenvalue weighted by Crippen LogP contribution is -2.13. The molecule has 0 unspecified atom stereocenters. The summed E-state index contributed by atoms with van der Waals surface area (Å²) in [5, 5.41) is 0.556. The van der Waals surface area contributed by atoms with Gasteiger partial charge in [-0.2, -0.15) is 8.78 Å². The van der Waals surface area contributed by atoms with Gasteiger partial charge in [-0.25, -0.2) is 4.79 Å². The maximum atomic E-state index is 12.4. The number of fused-ring (bicyclic) bond motifs is 1. The van der Waals surface area contributed by atoms with Crippen molar-refractivity contribution in [3.63, 3.8) is 0 Å². The van der Waals surface area contributed by atoms with E-state index in [9.17, 15) is 18.4 Å². The molecule has 0 fully saturated rings. The lowest BCUT2D eigenvalue weighted by Gasteiger charge is -2.12. The molecule has 1 heterocycles. The summed E-state index contributed by atoms with van der Waals surface area (Å²) in [7, 11) is 1.31. The van der Waals surface area contributed by atoms with E-state index in [1.807, 2.05) is 0 Å². The number of hydrogen-bond acceptors (Lipinski definition) is 5. The Labute approximate surface area is 152 Å². The van der Waals surface area contributed by atoms with Crippen LogP contribution < -0.4 is 15.0 Å². The van der Waals surface area contributed by atoms with Crippen LogP contribution in [-0.2, 0) is 11.3 Å². The third kappa shape index (κ3) is 4.22. The van der Waals surface area contributed by atoms with Gasteiger partial charge in [-0.1, -0.05) is 24.3 Å². The van der Waals surface area contributed by atoms with Crippen LogP contribution in [0.5, 0.6) is 11.5 Å². The largest absolute Gasteiger partial charge is 0.493 e. The summed E-state index contributed by atoms with van der Waals surface area (Å²) >= 11 is 0. The van der Waals surface area contributed by atoms with Gasteiger partial charge >= 0.3 is 12.6 Å². The molecule has 0 amide bonds. The number of para-hydroxylation sites is 1. The Morgan fingerprint density at radius 3 is 2.63 bits per heavy atom. The first-order chi connectivity index (χ1) is 13.0. The zero-order chi connectivity index (χ0) is 19.4. The minimum absolute atomic E-state index is 0.0884. The second-order valence-electron chi connectivity index (χ2n) is 5.53. The Morgan fingerprint density at radius 1 is 1.11 bits per heavy atom. The maximum absolute atomic E-state index is 12.4. The highest BCUT2D eigenvalue weighted by atomic mass is 19.3. The Bertz CT molecular complexity index is 1030. The summed E-state index contributed by atoms with van der Waals surface area (Å²) in [4.78, 5) is 26.8. The second kappa shape index (κ2) is 7.86. The monoisotopic (exact) mass is 375 g/mol. The number of aromatic nitrogens is 1. The third-order valence-electron chi connectivity index (χ3n) is 3.78. The zero-order valence-electron chi connectivity index (χ0n) is 14.2. The first-order valence-electron chi connectivity index (χ1n) is 7.89. The highest BCUT2D eigenvalue weighted by Gasteiger charge is 2.15. The van der Waals surface area contributed by atoms with Gasteiger partial charge in [0.1, 0.15) is 6.61 Å². The van der Waals surface area contributed by atoms with Gasteiger partial charge in [-0.3, -0.25) is 4.79 Å². The molecule has 0 saturated heterocycles. The quantitative estimate of drug-likeness (QED) is 0.668. The van der Waals surface area contributed by atoms with Crippen molar-refractivity contribution in [1.82, 2.24) is 4.98 Å². The Balaban J connectivity index is 1.79. The number of halogens is 2. The van der Waals surface area contributed by atoms with E-state index in [0.717, 1.165) is 0 Å². The average molecular weight is 375 g/mol. The van der Waals surface area contributed by atoms with Crippen molar-refractivity contribution in [2.45, 2.75) is 13.2 Å². The topological polar surface area (TPSA) is 77.6 Å². The van der Waals surface area contributed by atoms with Crippen molar-refractivity contribution in [3.8, 4) is 11.5 Å². The zero-order valence-corrected chi connectivity index (χ0v) is 14.2. The van der Waals surface area contributed by atoms with Crippen LogP contribution >= 0.6 is 0 Å². The molecule has 0 aliphatic carbocycles. The molecule has 3 rings (SSSR count). The normalized spacial score (nSPS) is 10.8. The van der Waals surface area contributed by atoms with Gasteiger partial charge in [0.15, 0.2) is 11.5 Å². The van der Waals surface area contributed by atoms with Crippen LogP contribution in [0, 0.1) is 0 Å². The molecule has 0 atom stereocenters. The molecule has 6 nitrogen and oxygen atoms in total. The predicted octanol–water partition coefficient (Wildman–Crippen LogP) is 3.50. The van der Waals surface area contributed by atoms with Crippen molar-refractivity contribution >= 4 is 16.9 Å². The number of alkyl halides is 2. The van der Waals surface area contributed by atoms with Crippen molar-refractivity contribution < 1.29 is 27.8 Å². The summed E-state index contributed by atoms with van der Waals surface area (Å²) < 4.78 is 39.3. The maximum Gasteiger partial charge on any atom is 0.387 e. The number of aromatic amines is 1. The molecule has 0 spiro atoms. The highest BCUT2D eigenvalue weighted by molar-refractivity contribution is 6.03. The van der Waals surface area contributed by atoms with Crippen LogP contribution in [0.3, 0.4) is 0 Å². The Morgan fingerprint density at radius 2 is 1.89 bits per heavy atom. The van der Waals surface area contributed by atoms with E-state index >= 15 is 0 Å². The van der Waals surface area contributed by atoms with Crippen LogP contribution in [0.1, 0.15) is 15.9 Å². The van der Waals surface area contributed by atoms with Crippen molar-refractivity contribution in [3.05, 3.63) is 70.0 Å². The minimum atomic E-state index is -2.98. The van der Waals surface area contributed by atoms with E-state index in [1.165, 1.54) is 31.4 Å². The van der Waals surface area contributed by atoms with E-state index in [4.69, 9.17) is 9.47 Å². The number of ether oxygens (including phenoxy) is 3. The molecule has 0 aliphatic heterocycles. The summed E-state index contributed by atoms with van der Waals surface area (Å²) in [6.07, 6.45) is 0. The second-order valence-corrected chi connectivity index (χ2v) is 5.53. The first kappa shape index (κ1) is 18.4. The number of pyridine rings is 1. The number of carbonyl (C=O) groups is 1. The molecule has 27 heavy (non-hydrogen) atoms. The fraction of sp³-hybridized carbons (Fsp3) is 0.158. The van der Waals surface area contributed by atoms with Crippen molar-refractivity contribution in [2.24, 2.45) is 0 Å². The summed E-state index contributed by atoms with van der Waals surface area (Å²) in [6, 6.07) is 12.2. The van der Waals surface area contributed by atoms with Gasteiger partial charge in [-0.05, 0) is 23.8 Å². The van der Waals surface area contributed by atoms with E-state index in [0.29, 0.717) is 16.5 Å². The number of rotatable bonds is 6. The SMILES string of the molecule is COc1cc(COC(=O)c2cc(=O)[nH]c3ccccc23)ccc1OC(F)F. The highest BCUT2D eigenvalue weighted by Crippen LogP contribution is 2.29. The van der Waals surface area contributed by atoms with Gasteiger partial charge in [0.05, 0.1) is 12.7 Å². The molecule has 1 aromatic heterocycles. The number of carbonyl (C=O) groups excluding carboxylic acids is 1. The van der Waals surface area contributed by atoms with Gasteiger partial charge in [0.2, 0.25) is 5.56 Å². The molecule has 0 saturated carbocycles. The summed E-state index contributed by atoms with van der Waals surface area (Å²) in [6.45, 7) is -3.11. The molecular formula is C19H15F2NO5. The molecule has 1 N–H and O–H groups in total. The summed E-state index contributed by atoms with van der Waals surface area (Å²) in [5.41, 5.74) is 0.748. The summed E-state index contributed by atoms with van der Waals surface area (Å²) in [5.74, 6) is -0.710. The Kier molecular flexibility index (Phi) is 5.35. The van der Waals surface area contributed by atoms with E-state index in [2.05, 4.69) is 9.72 Å². The first-order valence-corrected chi connectivity index (χ1v) is 7.89. The number of esters is 1. The van der Waals surface area contributed by atoms with Crippen molar-refractivity contribution in [2.75, 3.05) is 7.11 Å². The van der Waals surface area contributed by atoms with Crippen LogP contribution in [-0.4, -0.2) is 24.7 Å². The van der Waals surface area contributed by atoms with E-state index < -0.39 is 18.1 Å². The fourth-order valence-electron chi connectivity index (χ4n) is 2.60. The van der Waals surface area contributed by atoms with Crippen LogP contribution in [0.2, 0.25) is 0 Å². The van der Waals surface area contributed by atoms with Crippen LogP contribution in [0.25, 0.3) is 10.9 Å². The number of hydrogen-bond donors (Lipinski definition) is 1. The van der Waals surface area contributed by atoms with Crippen molar-refractivity contribution in [1.29, 1.82) is 0 Å². The molecule has 3 aromatic rings. The fourth-order valence-corrected chi connectivity index (χ4v) is 2.60. The molecule has 2 aromatic carbocycles.